The average Bonchev–Trinajstić information content (AvgIpc) is 2.99. The molecule has 5 nitrogen and oxygen atoms in total. The Morgan fingerprint density at radius 3 is 2.60 bits per heavy atom. The molecule has 1 aliphatic heterocycles. The van der Waals surface area contributed by atoms with Gasteiger partial charge in [0, 0.05) is 6.20 Å². The first-order chi connectivity index (χ1) is 16.5. The maximum Gasteiger partial charge on any atom is 0.322 e. The van der Waals surface area contributed by atoms with E-state index in [1.54, 1.807) is 0 Å². The molecule has 192 valence electrons. The van der Waals surface area contributed by atoms with Crippen LogP contribution in [0, 0.1) is 11.3 Å². The van der Waals surface area contributed by atoms with Gasteiger partial charge in [-0.25, -0.2) is 4.79 Å². The monoisotopic (exact) mass is 480 g/mol. The Labute approximate surface area is 211 Å². The normalized spacial score (nSPS) is 31.2. The molecule has 2 saturated carbocycles. The number of fused-ring (bicyclic) bond motifs is 1. The lowest BCUT2D eigenvalue weighted by molar-refractivity contribution is -0.150. The Bertz CT molecular complexity index is 988. The van der Waals surface area contributed by atoms with E-state index in [0.717, 1.165) is 51.4 Å². The van der Waals surface area contributed by atoms with Gasteiger partial charge in [0.1, 0.15) is 0 Å². The molecule has 4 aliphatic rings. The highest BCUT2D eigenvalue weighted by Gasteiger charge is 2.55. The van der Waals surface area contributed by atoms with Crippen LogP contribution in [0.5, 0.6) is 0 Å². The predicted molar refractivity (Wildman–Crippen MR) is 141 cm³/mol. The largest absolute Gasteiger partial charge is 0.481 e. The van der Waals surface area contributed by atoms with Crippen molar-refractivity contribution in [3.63, 3.8) is 0 Å². The molecule has 0 bridgehead atoms. The van der Waals surface area contributed by atoms with Gasteiger partial charge >= 0.3 is 12.0 Å². The minimum atomic E-state index is -0.749. The van der Waals surface area contributed by atoms with Crippen molar-refractivity contribution in [2.24, 2.45) is 11.3 Å². The molecule has 5 heteroatoms. The molecule has 2 amide bonds. The van der Waals surface area contributed by atoms with Crippen LogP contribution in [0.4, 0.5) is 4.79 Å². The third-order valence-electron chi connectivity index (χ3n) is 8.89. The Morgan fingerprint density at radius 1 is 1.23 bits per heavy atom. The highest BCUT2D eigenvalue weighted by molar-refractivity contribution is 5.82. The molecule has 0 saturated heterocycles. The number of carboxylic acid groups (broad SMARTS) is 1. The summed E-state index contributed by atoms with van der Waals surface area (Å²) < 4.78 is 0. The van der Waals surface area contributed by atoms with E-state index in [-0.39, 0.29) is 17.5 Å². The first kappa shape index (κ1) is 25.8. The Balaban J connectivity index is 1.69. The van der Waals surface area contributed by atoms with Crippen molar-refractivity contribution in [3.05, 3.63) is 46.7 Å². The Kier molecular flexibility index (Phi) is 7.09. The van der Waals surface area contributed by atoms with Crippen molar-refractivity contribution in [2.75, 3.05) is 0 Å². The van der Waals surface area contributed by atoms with Crippen molar-refractivity contribution >= 4 is 12.0 Å². The molecule has 4 rings (SSSR count). The number of nitrogens with one attached hydrogen (secondary N) is 1. The second-order valence-corrected chi connectivity index (χ2v) is 12.3. The third-order valence-corrected chi connectivity index (χ3v) is 8.89. The number of nitrogens with zero attached hydrogens (tertiary/aromatic N) is 1. The first-order valence-corrected chi connectivity index (χ1v) is 13.7. The molecule has 0 aromatic heterocycles. The molecule has 1 atom stereocenters. The lowest BCUT2D eigenvalue weighted by Crippen LogP contribution is -2.67. The van der Waals surface area contributed by atoms with E-state index in [9.17, 15) is 14.7 Å². The summed E-state index contributed by atoms with van der Waals surface area (Å²) >= 11 is 0. The van der Waals surface area contributed by atoms with Crippen LogP contribution in [0.3, 0.4) is 0 Å². The summed E-state index contributed by atoms with van der Waals surface area (Å²) in [5, 5.41) is 12.9. The van der Waals surface area contributed by atoms with Gasteiger partial charge < -0.3 is 10.4 Å². The maximum atomic E-state index is 13.6. The zero-order chi connectivity index (χ0) is 25.4. The molecule has 1 heterocycles. The van der Waals surface area contributed by atoms with Crippen LogP contribution in [0.1, 0.15) is 105 Å². The van der Waals surface area contributed by atoms with Crippen LogP contribution in [0.25, 0.3) is 0 Å². The number of urea groups is 1. The van der Waals surface area contributed by atoms with Gasteiger partial charge in [-0.05, 0) is 86.3 Å². The molecule has 2 fully saturated rings. The highest BCUT2D eigenvalue weighted by Crippen LogP contribution is 2.50. The maximum absolute atomic E-state index is 13.6. The van der Waals surface area contributed by atoms with Crippen molar-refractivity contribution in [1.82, 2.24) is 10.2 Å². The number of carboxylic acids is 1. The molecule has 0 aromatic rings. The van der Waals surface area contributed by atoms with Crippen molar-refractivity contribution in [3.8, 4) is 0 Å². The first-order valence-electron chi connectivity index (χ1n) is 13.7. The van der Waals surface area contributed by atoms with Gasteiger partial charge in [0.25, 0.3) is 0 Å². The summed E-state index contributed by atoms with van der Waals surface area (Å²) in [5.41, 5.74) is 4.90. The van der Waals surface area contributed by atoms with E-state index >= 15 is 0 Å². The summed E-state index contributed by atoms with van der Waals surface area (Å²) in [7, 11) is 0. The Morgan fingerprint density at radius 2 is 1.97 bits per heavy atom. The predicted octanol–water partition coefficient (Wildman–Crippen LogP) is 7.27. The van der Waals surface area contributed by atoms with Gasteiger partial charge in [0.2, 0.25) is 0 Å². The molecule has 0 spiro atoms. The summed E-state index contributed by atoms with van der Waals surface area (Å²) in [6.45, 7) is 11.2. The number of carbonyl (C=O) groups is 2. The molecule has 0 aromatic carbocycles. The van der Waals surface area contributed by atoms with E-state index in [2.05, 4.69) is 64.4 Å². The zero-order valence-corrected chi connectivity index (χ0v) is 22.4. The smallest absolute Gasteiger partial charge is 0.322 e. The number of hydrogen-bond acceptors (Lipinski definition) is 2. The fourth-order valence-corrected chi connectivity index (χ4v) is 6.50. The van der Waals surface area contributed by atoms with E-state index in [1.165, 1.54) is 28.7 Å². The molecule has 1 unspecified atom stereocenters. The topological polar surface area (TPSA) is 69.6 Å². The van der Waals surface area contributed by atoms with Crippen LogP contribution in [0.2, 0.25) is 0 Å². The van der Waals surface area contributed by atoms with Gasteiger partial charge in [0.15, 0.2) is 0 Å². The fraction of sp³-hybridized carbons (Fsp3) is 0.667. The molecule has 2 N–H and O–H groups in total. The van der Waals surface area contributed by atoms with Gasteiger partial charge in [-0.3, -0.25) is 9.69 Å². The Hall–Kier alpha value is -2.30. The SMILES string of the molecule is CCC1=C(CCC(C)(C)C)CC=CC(C23CCCCC2=CN(C2(CC)CC(C(=O)O)C2)C(=O)N3)=C1. The van der Waals surface area contributed by atoms with E-state index in [1.807, 2.05) is 4.90 Å². The summed E-state index contributed by atoms with van der Waals surface area (Å²) in [6.07, 6.45) is 19.2. The van der Waals surface area contributed by atoms with Gasteiger partial charge in [-0.1, -0.05) is 64.8 Å². The van der Waals surface area contributed by atoms with Crippen molar-refractivity contribution < 1.29 is 14.7 Å². The second-order valence-electron chi connectivity index (χ2n) is 12.3. The average molecular weight is 481 g/mol. The van der Waals surface area contributed by atoms with Crippen LogP contribution >= 0.6 is 0 Å². The molecular formula is C30H44N2O3. The lowest BCUT2D eigenvalue weighted by atomic mass is 9.64. The number of allylic oxidation sites excluding steroid dienone is 4. The third kappa shape index (κ3) is 4.88. The number of aliphatic carboxylic acids is 1. The second kappa shape index (κ2) is 9.63. The number of rotatable bonds is 7. The van der Waals surface area contributed by atoms with Gasteiger partial charge in [-0.2, -0.15) is 0 Å². The van der Waals surface area contributed by atoms with E-state index in [0.29, 0.717) is 18.3 Å². The zero-order valence-electron chi connectivity index (χ0n) is 22.4. The molecule has 35 heavy (non-hydrogen) atoms. The van der Waals surface area contributed by atoms with Crippen LogP contribution < -0.4 is 5.32 Å². The van der Waals surface area contributed by atoms with Gasteiger partial charge in [-0.15, -0.1) is 0 Å². The van der Waals surface area contributed by atoms with Gasteiger partial charge in [0.05, 0.1) is 17.0 Å². The van der Waals surface area contributed by atoms with Crippen molar-refractivity contribution in [2.45, 2.75) is 116 Å². The van der Waals surface area contributed by atoms with E-state index in [4.69, 9.17) is 0 Å². The summed E-state index contributed by atoms with van der Waals surface area (Å²) in [4.78, 5) is 27.0. The standard InChI is InChI=1S/C30H44N2O3/c1-6-21-17-24(13-10-11-22(21)14-16-28(3,4)5)30-15-9-8-12-25(30)20-32(27(35)31-30)29(7-2)18-23(19-29)26(33)34/h10,13,17,20,23H,6-9,11-12,14-16,18-19H2,1-5H3,(H,31,35)(H,33,34). The summed E-state index contributed by atoms with van der Waals surface area (Å²) in [5.74, 6) is -1.10. The lowest BCUT2D eigenvalue weighted by Gasteiger charge is -2.56. The molecule has 3 aliphatic carbocycles. The van der Waals surface area contributed by atoms with Crippen LogP contribution in [0.15, 0.2) is 46.7 Å². The molecule has 0 radical (unpaired) electrons. The van der Waals surface area contributed by atoms with E-state index < -0.39 is 11.5 Å². The van der Waals surface area contributed by atoms with Crippen LogP contribution in [-0.4, -0.2) is 33.1 Å². The minimum Gasteiger partial charge on any atom is -0.481 e. The minimum absolute atomic E-state index is 0.0742. The number of amides is 2. The summed E-state index contributed by atoms with van der Waals surface area (Å²) in [6, 6.07) is -0.0742. The molecular weight excluding hydrogens is 436 g/mol. The van der Waals surface area contributed by atoms with Crippen LogP contribution in [-0.2, 0) is 4.79 Å². The van der Waals surface area contributed by atoms with Crippen molar-refractivity contribution in [1.29, 1.82) is 0 Å². The highest BCUT2D eigenvalue weighted by atomic mass is 16.4. The quantitative estimate of drug-likeness (QED) is 0.402. The number of carbonyl (C=O) groups excluding carboxylic acids is 1. The fourth-order valence-electron chi connectivity index (χ4n) is 6.50. The number of hydrogen-bond donors (Lipinski definition) is 2.